The monoisotopic (exact) mass is 1860 g/mol. The summed E-state index contributed by atoms with van der Waals surface area (Å²) in [6.07, 6.45) is 34.5. The van der Waals surface area contributed by atoms with Crippen LogP contribution in [0.1, 0.15) is 136 Å². The number of anilines is 4. The second kappa shape index (κ2) is 42.1. The number of ether oxygens (including phenoxy) is 4. The first-order valence-electron chi connectivity index (χ1n) is 41.2. The first kappa shape index (κ1) is 87.8. The fraction of sp³-hybridized carbons (Fsp3) is 0.321. The molecule has 45 heteroatoms. The van der Waals surface area contributed by atoms with Crippen LogP contribution in [0, 0.1) is 5.82 Å². The summed E-state index contributed by atoms with van der Waals surface area (Å²) in [6.45, 7) is 10.3. The lowest BCUT2D eigenvalue weighted by Gasteiger charge is -2.31. The number of nitrogens with zero attached hydrogens (tertiary/aromatic N) is 31. The topological polar surface area (TPSA) is 366 Å². The van der Waals surface area contributed by atoms with Crippen molar-refractivity contribution in [1.82, 2.24) is 135 Å². The summed E-state index contributed by atoms with van der Waals surface area (Å²) in [6, 6.07) is 15.7. The highest BCUT2D eigenvalue weighted by Gasteiger charge is 2.34. The summed E-state index contributed by atoms with van der Waals surface area (Å²) in [5, 5.41) is 44.3. The molecule has 0 radical (unpaired) electrons. The number of pyridine rings is 3. The van der Waals surface area contributed by atoms with Crippen LogP contribution < -0.4 is 38.5 Å². The Morgan fingerprint density at radius 2 is 0.682 bits per heavy atom. The largest absolute Gasteiger partial charge is 0.486 e. The number of halogens is 6. The van der Waals surface area contributed by atoms with Crippen molar-refractivity contribution < 1.29 is 36.5 Å². The van der Waals surface area contributed by atoms with Gasteiger partial charge in [-0.15, -0.1) is 65.7 Å². The molecule has 0 spiro atoms. The molecule has 0 atom stereocenters. The Morgan fingerprint density at radius 3 is 0.969 bits per heavy atom. The minimum atomic E-state index is -4.43. The molecule has 16 aromatic rings. The van der Waals surface area contributed by atoms with Crippen LogP contribution in [0.5, 0.6) is 23.0 Å². The van der Waals surface area contributed by atoms with Crippen molar-refractivity contribution >= 4 is 92.3 Å². The highest BCUT2D eigenvalue weighted by atomic mass is 35.5. The molecule has 4 saturated heterocycles. The fourth-order valence-electron chi connectivity index (χ4n) is 14.4. The van der Waals surface area contributed by atoms with Gasteiger partial charge in [-0.2, -0.15) is 13.2 Å². The van der Waals surface area contributed by atoms with Gasteiger partial charge in [0.25, 0.3) is 0 Å². The Labute approximate surface area is 761 Å². The molecule has 1 aromatic carbocycles. The Balaban J connectivity index is 0.000000121. The number of hydrogen-bond acceptors (Lipinski definition) is 35. The third-order valence-corrected chi connectivity index (χ3v) is 26.0. The standard InChI is InChI=1S/C22H24N8OS.C21H19ClFN7OS.C21H19F3N8OS.C20H19ClN8OS/c1-2-16-11-24-22(25-12-16)29-8-5-17(6-9-29)21-27-18(15-32-21)14-31-19-3-4-20(23-13-19)30-10-7-26-28-30;22-15-10-24-21(25-11-15)29-6-3-14(4-7-29)20-27-16(13-32-20)12-31-19-2-1-17(9-18(19)23)30-8-5-26-28-30;22-21(23,24)15-9-26-20(27-10-15)31-6-3-14(4-7-31)19-29-16(13-34-19)12-33-17-1-2-18(25-11-17)32-8-5-28-30-32;21-15-9-23-20(24-10-15)28-6-3-14(4-7-28)19-26-16(13-31-19)12-30-17-1-2-18(22-11-17)29-8-5-25-27-29/h3-4,7,10-13,15,17H,2,5-6,8-9,14H2,1H3;1-2,5,8-11,13-14H,3-4,6-7,12H2;1-2,5,8-11,13-14H,3-4,6-7,12H2;1-2,5,8-11,13-14H,3-4,6-7,12H2. The normalized spacial score (nSPS) is 14.7. The molecule has 4 fully saturated rings. The van der Waals surface area contributed by atoms with E-state index in [0.29, 0.717) is 113 Å². The van der Waals surface area contributed by atoms with Crippen molar-refractivity contribution in [2.45, 2.75) is 121 Å². The number of benzene rings is 1. The summed E-state index contributed by atoms with van der Waals surface area (Å²) >= 11 is 18.4. The van der Waals surface area contributed by atoms with Crippen LogP contribution in [0.3, 0.4) is 0 Å². The zero-order valence-electron chi connectivity index (χ0n) is 69.0. The van der Waals surface area contributed by atoms with Crippen molar-refractivity contribution in [3.63, 3.8) is 0 Å². The van der Waals surface area contributed by atoms with Gasteiger partial charge in [0.1, 0.15) is 43.7 Å². The average molecular weight is 1860 g/mol. The van der Waals surface area contributed by atoms with Crippen LogP contribution in [-0.4, -0.2) is 187 Å². The molecule has 20 rings (SSSR count). The van der Waals surface area contributed by atoms with E-state index in [2.05, 4.69) is 128 Å². The number of piperidine rings is 4. The summed E-state index contributed by atoms with van der Waals surface area (Å²) in [7, 11) is 0. The van der Waals surface area contributed by atoms with Gasteiger partial charge >= 0.3 is 6.18 Å². The summed E-state index contributed by atoms with van der Waals surface area (Å²) in [5.74, 6) is 7.97. The maximum absolute atomic E-state index is 14.4. The quantitative estimate of drug-likeness (QED) is 0.0480. The van der Waals surface area contributed by atoms with Crippen molar-refractivity contribution in [3.8, 4) is 46.1 Å². The Hall–Kier alpha value is -13.2. The van der Waals surface area contributed by atoms with Crippen LogP contribution in [0.15, 0.2) is 194 Å². The molecule has 0 aliphatic carbocycles. The lowest BCUT2D eigenvalue weighted by Crippen LogP contribution is -2.34. The van der Waals surface area contributed by atoms with Gasteiger partial charge in [-0.1, -0.05) is 51.0 Å². The molecule has 4 aliphatic heterocycles. The van der Waals surface area contributed by atoms with E-state index in [-0.39, 0.29) is 18.3 Å². The summed E-state index contributed by atoms with van der Waals surface area (Å²) in [4.78, 5) is 74.7. The van der Waals surface area contributed by atoms with Gasteiger partial charge in [0.2, 0.25) is 23.8 Å². The van der Waals surface area contributed by atoms with E-state index in [1.165, 1.54) is 27.5 Å². The minimum Gasteiger partial charge on any atom is -0.486 e. The summed E-state index contributed by atoms with van der Waals surface area (Å²) in [5.41, 5.74) is 4.43. The molecular weight excluding hydrogens is 1780 g/mol. The van der Waals surface area contributed by atoms with Crippen LogP contribution >= 0.6 is 68.5 Å². The third-order valence-electron chi connectivity index (χ3n) is 21.3. The van der Waals surface area contributed by atoms with Crippen LogP contribution in [0.25, 0.3) is 23.1 Å². The average Bonchev–Trinajstić information content (AvgIpc) is 1.68. The molecule has 662 valence electrons. The maximum Gasteiger partial charge on any atom is 0.419 e. The second-order valence-corrected chi connectivity index (χ2v) is 34.3. The van der Waals surface area contributed by atoms with Gasteiger partial charge in [0, 0.05) is 128 Å². The van der Waals surface area contributed by atoms with Crippen LogP contribution in [0.2, 0.25) is 10.0 Å². The first-order chi connectivity index (χ1) is 63.1. The second-order valence-electron chi connectivity index (χ2n) is 29.9. The molecule has 0 bridgehead atoms. The van der Waals surface area contributed by atoms with Gasteiger partial charge in [0.15, 0.2) is 29.0 Å². The van der Waals surface area contributed by atoms with E-state index < -0.39 is 17.6 Å². The Morgan fingerprint density at radius 1 is 0.372 bits per heavy atom. The highest BCUT2D eigenvalue weighted by Crippen LogP contribution is 2.38. The molecule has 0 unspecified atom stereocenters. The van der Waals surface area contributed by atoms with E-state index in [0.717, 1.165) is 159 Å². The molecular formula is C84H81Cl2F4N31O4S4. The number of thiazole rings is 4. The van der Waals surface area contributed by atoms with Gasteiger partial charge in [-0.3, -0.25) is 0 Å². The molecule has 129 heavy (non-hydrogen) atoms. The van der Waals surface area contributed by atoms with E-state index in [1.807, 2.05) is 58.4 Å². The molecule has 19 heterocycles. The van der Waals surface area contributed by atoms with E-state index >= 15 is 0 Å². The maximum atomic E-state index is 14.4. The van der Waals surface area contributed by atoms with Gasteiger partial charge < -0.3 is 38.5 Å². The third kappa shape index (κ3) is 23.4. The van der Waals surface area contributed by atoms with E-state index in [1.54, 1.807) is 164 Å². The lowest BCUT2D eigenvalue weighted by molar-refractivity contribution is -0.138. The van der Waals surface area contributed by atoms with Crippen molar-refractivity contribution in [2.75, 3.05) is 72.0 Å². The van der Waals surface area contributed by atoms with Gasteiger partial charge in [-0.05, 0) is 112 Å². The Kier molecular flexibility index (Phi) is 28.7. The minimum absolute atomic E-state index is 0.180. The smallest absolute Gasteiger partial charge is 0.419 e. The number of rotatable bonds is 25. The molecule has 35 nitrogen and oxygen atoms in total. The highest BCUT2D eigenvalue weighted by molar-refractivity contribution is 7.10. The molecule has 0 N–H and O–H groups in total. The van der Waals surface area contributed by atoms with Crippen molar-refractivity contribution in [1.29, 1.82) is 0 Å². The number of aromatic nitrogens is 27. The zero-order valence-corrected chi connectivity index (χ0v) is 73.8. The van der Waals surface area contributed by atoms with Gasteiger partial charge in [-0.25, -0.2) is 97.9 Å². The zero-order chi connectivity index (χ0) is 88.3. The van der Waals surface area contributed by atoms with Crippen LogP contribution in [-0.2, 0) is 39.0 Å². The number of hydrogen-bond donors (Lipinski definition) is 0. The van der Waals surface area contributed by atoms with Crippen molar-refractivity contribution in [2.24, 2.45) is 0 Å². The first-order valence-corrected chi connectivity index (χ1v) is 45.5. The predicted octanol–water partition coefficient (Wildman–Crippen LogP) is 15.1. The molecule has 0 amide bonds. The van der Waals surface area contributed by atoms with Crippen molar-refractivity contribution in [3.05, 3.63) is 264 Å². The van der Waals surface area contributed by atoms with E-state index in [4.69, 9.17) is 62.1 Å². The molecule has 4 aliphatic rings. The van der Waals surface area contributed by atoms with Crippen LogP contribution in [0.4, 0.5) is 41.4 Å². The lowest BCUT2D eigenvalue weighted by atomic mass is 9.98. The van der Waals surface area contributed by atoms with E-state index in [9.17, 15) is 17.6 Å². The van der Waals surface area contributed by atoms with Gasteiger partial charge in [0.05, 0.1) is 157 Å². The molecule has 15 aromatic heterocycles. The predicted molar refractivity (Wildman–Crippen MR) is 474 cm³/mol. The number of alkyl halides is 3. The molecule has 0 saturated carbocycles. The SMILES string of the molecule is CCc1cnc(N2CCC(c3nc(COc4ccc(-n5ccnn5)nc4)cs3)CC2)nc1.Clc1cnc(N2CCC(c3nc(COc4ccc(-n5ccnn5)nc4)cs3)CC2)nc1.FC(F)(F)c1cnc(N2CCC(c3nc(COc4ccc(-n5ccnn5)nc4)cs3)CC2)nc1.Fc1cc(-n2ccnn2)ccc1OCc1csc(C2CCN(c3ncc(Cl)cn3)CC2)n1. The summed E-state index contributed by atoms with van der Waals surface area (Å²) < 4.78 is 82.0. The number of aryl methyl sites for hydroxylation is 1. The Bertz CT molecular complexity index is 6110. The fourth-order valence-corrected chi connectivity index (χ4v) is 18.5.